The van der Waals surface area contributed by atoms with Crippen molar-refractivity contribution < 1.29 is 14.3 Å². The molecule has 2 aromatic rings. The Morgan fingerprint density at radius 3 is 2.65 bits per heavy atom. The summed E-state index contributed by atoms with van der Waals surface area (Å²) in [4.78, 5) is 11.7. The Balaban J connectivity index is 2.04. The van der Waals surface area contributed by atoms with Crippen molar-refractivity contribution >= 4 is 34.7 Å². The van der Waals surface area contributed by atoms with Gasteiger partial charge in [0.1, 0.15) is 11.6 Å². The Labute approximate surface area is 128 Å². The fraction of sp³-hybridized carbons (Fsp3) is 0. The number of aromatic hydroxyl groups is 1. The van der Waals surface area contributed by atoms with Crippen molar-refractivity contribution in [2.24, 2.45) is 5.10 Å². The summed E-state index contributed by atoms with van der Waals surface area (Å²) in [6.45, 7) is 0. The van der Waals surface area contributed by atoms with Gasteiger partial charge in [-0.3, -0.25) is 4.79 Å². The van der Waals surface area contributed by atoms with Crippen LogP contribution >= 0.6 is 22.6 Å². The first kappa shape index (κ1) is 14.4. The molecule has 0 aliphatic heterocycles. The SMILES string of the molecule is O=C(NN=Cc1cc(I)ccc1O)c1ccc(F)cc1. The summed E-state index contributed by atoms with van der Waals surface area (Å²) < 4.78 is 13.7. The zero-order valence-electron chi connectivity index (χ0n) is 10.2. The highest BCUT2D eigenvalue weighted by atomic mass is 127. The molecule has 0 aliphatic rings. The van der Waals surface area contributed by atoms with E-state index in [-0.39, 0.29) is 5.75 Å². The van der Waals surface area contributed by atoms with Crippen molar-refractivity contribution in [3.8, 4) is 5.75 Å². The summed E-state index contributed by atoms with van der Waals surface area (Å²) in [6, 6.07) is 10.2. The molecule has 0 radical (unpaired) electrons. The van der Waals surface area contributed by atoms with Gasteiger partial charge in [-0.05, 0) is 65.1 Å². The van der Waals surface area contributed by atoms with Crippen LogP contribution in [-0.2, 0) is 0 Å². The van der Waals surface area contributed by atoms with Gasteiger partial charge in [-0.2, -0.15) is 5.10 Å². The summed E-state index contributed by atoms with van der Waals surface area (Å²) in [5.74, 6) is -0.787. The largest absolute Gasteiger partial charge is 0.507 e. The van der Waals surface area contributed by atoms with Gasteiger partial charge in [-0.15, -0.1) is 0 Å². The molecule has 0 spiro atoms. The van der Waals surface area contributed by atoms with Gasteiger partial charge in [-0.25, -0.2) is 9.82 Å². The fourth-order valence-corrected chi connectivity index (χ4v) is 1.97. The number of phenols is 1. The molecule has 0 aromatic heterocycles. The Hall–Kier alpha value is -1.96. The molecule has 0 atom stereocenters. The molecule has 2 aromatic carbocycles. The number of carbonyl (C=O) groups excluding carboxylic acids is 1. The zero-order valence-corrected chi connectivity index (χ0v) is 12.3. The molecule has 0 saturated heterocycles. The van der Waals surface area contributed by atoms with Gasteiger partial charge < -0.3 is 5.11 Å². The number of carbonyl (C=O) groups is 1. The Bertz CT molecular complexity index is 657. The number of halogens is 2. The maximum atomic E-state index is 12.7. The van der Waals surface area contributed by atoms with Crippen molar-refractivity contribution in [2.45, 2.75) is 0 Å². The van der Waals surface area contributed by atoms with E-state index in [1.807, 2.05) is 0 Å². The quantitative estimate of drug-likeness (QED) is 0.486. The third kappa shape index (κ3) is 3.77. The van der Waals surface area contributed by atoms with Gasteiger partial charge in [0, 0.05) is 14.7 Å². The number of hydrogen-bond acceptors (Lipinski definition) is 3. The first-order valence-corrected chi connectivity index (χ1v) is 6.71. The van der Waals surface area contributed by atoms with Gasteiger partial charge in [0.25, 0.3) is 5.91 Å². The maximum absolute atomic E-state index is 12.7. The standard InChI is InChI=1S/C14H10FIN2O2/c15-11-3-1-9(2-4-11)14(20)18-17-8-10-7-12(16)5-6-13(10)19/h1-8,19H,(H,18,20). The monoisotopic (exact) mass is 384 g/mol. The Morgan fingerprint density at radius 2 is 1.95 bits per heavy atom. The van der Waals surface area contributed by atoms with E-state index < -0.39 is 11.7 Å². The average Bonchev–Trinajstić information content (AvgIpc) is 2.43. The minimum atomic E-state index is -0.452. The lowest BCUT2D eigenvalue weighted by atomic mass is 10.2. The molecule has 0 saturated carbocycles. The van der Waals surface area contributed by atoms with Crippen LogP contribution in [0.4, 0.5) is 4.39 Å². The van der Waals surface area contributed by atoms with Crippen LogP contribution in [0.5, 0.6) is 5.75 Å². The number of hydrazone groups is 1. The zero-order chi connectivity index (χ0) is 14.5. The van der Waals surface area contributed by atoms with Crippen molar-refractivity contribution in [2.75, 3.05) is 0 Å². The van der Waals surface area contributed by atoms with Gasteiger partial charge in [0.2, 0.25) is 0 Å². The number of rotatable bonds is 3. The number of amides is 1. The third-order valence-electron chi connectivity index (χ3n) is 2.47. The van der Waals surface area contributed by atoms with E-state index in [0.717, 1.165) is 3.57 Å². The molecule has 0 unspecified atom stereocenters. The second-order valence-corrected chi connectivity index (χ2v) is 5.15. The fourth-order valence-electron chi connectivity index (χ4n) is 1.46. The van der Waals surface area contributed by atoms with E-state index in [1.165, 1.54) is 30.5 Å². The Morgan fingerprint density at radius 1 is 1.25 bits per heavy atom. The van der Waals surface area contributed by atoms with Crippen molar-refractivity contribution in [3.63, 3.8) is 0 Å². The van der Waals surface area contributed by atoms with Crippen molar-refractivity contribution in [1.29, 1.82) is 0 Å². The predicted molar refractivity (Wildman–Crippen MR) is 82.3 cm³/mol. The Kier molecular flexibility index (Phi) is 4.67. The van der Waals surface area contributed by atoms with Crippen LogP contribution in [0.3, 0.4) is 0 Å². The molecular formula is C14H10FIN2O2. The van der Waals surface area contributed by atoms with Gasteiger partial charge >= 0.3 is 0 Å². The molecule has 2 rings (SSSR count). The second kappa shape index (κ2) is 6.47. The van der Waals surface area contributed by atoms with Crippen LogP contribution < -0.4 is 5.43 Å². The molecule has 0 bridgehead atoms. The van der Waals surface area contributed by atoms with Crippen LogP contribution in [-0.4, -0.2) is 17.2 Å². The minimum absolute atomic E-state index is 0.0743. The summed E-state index contributed by atoms with van der Waals surface area (Å²) in [6.07, 6.45) is 1.35. The van der Waals surface area contributed by atoms with Gasteiger partial charge in [0.05, 0.1) is 6.21 Å². The lowest BCUT2D eigenvalue weighted by Gasteiger charge is -2.01. The summed E-state index contributed by atoms with van der Waals surface area (Å²) in [5, 5.41) is 13.4. The van der Waals surface area contributed by atoms with E-state index in [2.05, 4.69) is 33.1 Å². The van der Waals surface area contributed by atoms with E-state index in [0.29, 0.717) is 11.1 Å². The summed E-state index contributed by atoms with van der Waals surface area (Å²) in [7, 11) is 0. The predicted octanol–water partition coefficient (Wildman–Crippen LogP) is 2.90. The topological polar surface area (TPSA) is 61.7 Å². The number of phenolic OH excluding ortho intramolecular Hbond substituents is 1. The second-order valence-electron chi connectivity index (χ2n) is 3.91. The molecular weight excluding hydrogens is 374 g/mol. The molecule has 0 heterocycles. The lowest BCUT2D eigenvalue weighted by molar-refractivity contribution is 0.0955. The van der Waals surface area contributed by atoms with Crippen molar-refractivity contribution in [1.82, 2.24) is 5.43 Å². The first-order chi connectivity index (χ1) is 9.56. The lowest BCUT2D eigenvalue weighted by Crippen LogP contribution is -2.17. The number of nitrogens with zero attached hydrogens (tertiary/aromatic N) is 1. The van der Waals surface area contributed by atoms with Gasteiger partial charge in [-0.1, -0.05) is 0 Å². The van der Waals surface area contributed by atoms with E-state index in [4.69, 9.17) is 0 Å². The molecule has 4 nitrogen and oxygen atoms in total. The minimum Gasteiger partial charge on any atom is -0.507 e. The molecule has 6 heteroatoms. The molecule has 2 N–H and O–H groups in total. The highest BCUT2D eigenvalue weighted by molar-refractivity contribution is 14.1. The van der Waals surface area contributed by atoms with Crippen molar-refractivity contribution in [3.05, 3.63) is 63.0 Å². The number of hydrogen-bond donors (Lipinski definition) is 2. The van der Waals surface area contributed by atoms with E-state index in [1.54, 1.807) is 18.2 Å². The van der Waals surface area contributed by atoms with Crippen LogP contribution in [0, 0.1) is 9.39 Å². The number of nitrogens with one attached hydrogen (secondary N) is 1. The molecule has 1 amide bonds. The van der Waals surface area contributed by atoms with Crippen LogP contribution in [0.2, 0.25) is 0 Å². The van der Waals surface area contributed by atoms with Crippen LogP contribution in [0.1, 0.15) is 15.9 Å². The first-order valence-electron chi connectivity index (χ1n) is 5.64. The molecule has 102 valence electrons. The van der Waals surface area contributed by atoms with Gasteiger partial charge in [0.15, 0.2) is 0 Å². The highest BCUT2D eigenvalue weighted by Crippen LogP contribution is 2.17. The van der Waals surface area contributed by atoms with Crippen LogP contribution in [0.25, 0.3) is 0 Å². The average molecular weight is 384 g/mol. The third-order valence-corrected chi connectivity index (χ3v) is 3.14. The smallest absolute Gasteiger partial charge is 0.271 e. The maximum Gasteiger partial charge on any atom is 0.271 e. The normalized spacial score (nSPS) is 10.7. The molecule has 0 fully saturated rings. The van der Waals surface area contributed by atoms with Crippen LogP contribution in [0.15, 0.2) is 47.6 Å². The highest BCUT2D eigenvalue weighted by Gasteiger charge is 2.04. The molecule has 0 aliphatic carbocycles. The summed E-state index contributed by atoms with van der Waals surface area (Å²) in [5.41, 5.74) is 3.11. The molecule has 20 heavy (non-hydrogen) atoms. The summed E-state index contributed by atoms with van der Waals surface area (Å²) >= 11 is 2.10. The van der Waals surface area contributed by atoms with E-state index in [9.17, 15) is 14.3 Å². The van der Waals surface area contributed by atoms with E-state index >= 15 is 0 Å². The number of benzene rings is 2.